The van der Waals surface area contributed by atoms with Gasteiger partial charge in [-0.3, -0.25) is 9.89 Å². The third-order valence-corrected chi connectivity index (χ3v) is 4.26. The molecule has 1 fully saturated rings. The summed E-state index contributed by atoms with van der Waals surface area (Å²) in [6, 6.07) is 5.15. The standard InChI is InChI=1S/C18H27F3N4O/c1-22-17(23-8-2-3-9-25-10-12-26-13-11-25)24-14-15-4-6-16(7-5-15)18(19,20)21/h4-7H,2-3,8-14H2,1H3,(H2,22,23,24). The highest BCUT2D eigenvalue weighted by Gasteiger charge is 2.29. The number of unbranched alkanes of at least 4 members (excludes halogenated alkanes) is 1. The van der Waals surface area contributed by atoms with Crippen LogP contribution >= 0.6 is 0 Å². The first-order chi connectivity index (χ1) is 12.5. The molecule has 1 heterocycles. The second-order valence-electron chi connectivity index (χ2n) is 6.21. The van der Waals surface area contributed by atoms with E-state index in [1.165, 1.54) is 12.1 Å². The zero-order valence-corrected chi connectivity index (χ0v) is 15.1. The molecule has 0 aliphatic carbocycles. The molecule has 8 heteroatoms. The molecule has 0 bridgehead atoms. The lowest BCUT2D eigenvalue weighted by Crippen LogP contribution is -2.38. The third-order valence-electron chi connectivity index (χ3n) is 4.26. The van der Waals surface area contributed by atoms with E-state index in [1.807, 2.05) is 0 Å². The molecule has 0 amide bonds. The van der Waals surface area contributed by atoms with Crippen LogP contribution in [0.3, 0.4) is 0 Å². The van der Waals surface area contributed by atoms with E-state index in [4.69, 9.17) is 4.74 Å². The number of benzene rings is 1. The molecule has 146 valence electrons. The van der Waals surface area contributed by atoms with Crippen molar-refractivity contribution >= 4 is 5.96 Å². The van der Waals surface area contributed by atoms with Gasteiger partial charge in [-0.1, -0.05) is 12.1 Å². The molecule has 1 aromatic rings. The second kappa shape index (κ2) is 10.4. The van der Waals surface area contributed by atoms with Crippen molar-refractivity contribution in [1.82, 2.24) is 15.5 Å². The molecule has 0 aromatic heterocycles. The van der Waals surface area contributed by atoms with Gasteiger partial charge in [0.2, 0.25) is 0 Å². The number of hydrogen-bond acceptors (Lipinski definition) is 3. The molecule has 0 saturated carbocycles. The number of nitrogens with one attached hydrogen (secondary N) is 2. The molecule has 2 rings (SSSR count). The van der Waals surface area contributed by atoms with Gasteiger partial charge in [-0.15, -0.1) is 0 Å². The lowest BCUT2D eigenvalue weighted by molar-refractivity contribution is -0.137. The van der Waals surface area contributed by atoms with Gasteiger partial charge in [-0.25, -0.2) is 0 Å². The Hall–Kier alpha value is -1.80. The summed E-state index contributed by atoms with van der Waals surface area (Å²) in [7, 11) is 1.68. The van der Waals surface area contributed by atoms with Gasteiger partial charge in [0, 0.05) is 33.2 Å². The predicted molar refractivity (Wildman–Crippen MR) is 96.1 cm³/mol. The summed E-state index contributed by atoms with van der Waals surface area (Å²) < 4.78 is 43.0. The Bertz CT molecular complexity index is 555. The molecule has 2 N–H and O–H groups in total. The maximum absolute atomic E-state index is 12.6. The number of ether oxygens (including phenoxy) is 1. The Morgan fingerprint density at radius 1 is 1.12 bits per heavy atom. The van der Waals surface area contributed by atoms with Crippen LogP contribution in [0.4, 0.5) is 13.2 Å². The summed E-state index contributed by atoms with van der Waals surface area (Å²) in [4.78, 5) is 6.54. The van der Waals surface area contributed by atoms with Crippen molar-refractivity contribution in [3.8, 4) is 0 Å². The van der Waals surface area contributed by atoms with Gasteiger partial charge in [0.25, 0.3) is 0 Å². The van der Waals surface area contributed by atoms with E-state index in [-0.39, 0.29) is 0 Å². The maximum atomic E-state index is 12.6. The molecule has 1 aromatic carbocycles. The number of morpholine rings is 1. The lowest BCUT2D eigenvalue weighted by Gasteiger charge is -2.26. The largest absolute Gasteiger partial charge is 0.416 e. The van der Waals surface area contributed by atoms with Crippen molar-refractivity contribution in [2.24, 2.45) is 4.99 Å². The zero-order chi connectivity index (χ0) is 18.8. The molecule has 1 aliphatic rings. The highest BCUT2D eigenvalue weighted by molar-refractivity contribution is 5.79. The molecule has 26 heavy (non-hydrogen) atoms. The molecule has 0 unspecified atom stereocenters. The Morgan fingerprint density at radius 2 is 1.81 bits per heavy atom. The molecule has 0 spiro atoms. The third kappa shape index (κ3) is 7.21. The van der Waals surface area contributed by atoms with Gasteiger partial charge < -0.3 is 15.4 Å². The van der Waals surface area contributed by atoms with Crippen LogP contribution in [0.25, 0.3) is 0 Å². The molecule has 0 radical (unpaired) electrons. The molecule has 1 saturated heterocycles. The predicted octanol–water partition coefficient (Wildman–Crippen LogP) is 2.48. The van der Waals surface area contributed by atoms with Crippen LogP contribution in [0.5, 0.6) is 0 Å². The molecule has 5 nitrogen and oxygen atoms in total. The normalized spacial score (nSPS) is 16.5. The number of aliphatic imine (C=N–C) groups is 1. The Labute approximate surface area is 152 Å². The summed E-state index contributed by atoms with van der Waals surface area (Å²) in [6.45, 7) is 5.94. The first-order valence-electron chi connectivity index (χ1n) is 8.90. The monoisotopic (exact) mass is 372 g/mol. The van der Waals surface area contributed by atoms with Crippen LogP contribution in [0, 0.1) is 0 Å². The topological polar surface area (TPSA) is 48.9 Å². The number of nitrogens with zero attached hydrogens (tertiary/aromatic N) is 2. The smallest absolute Gasteiger partial charge is 0.379 e. The van der Waals surface area contributed by atoms with E-state index in [9.17, 15) is 13.2 Å². The average Bonchev–Trinajstić information content (AvgIpc) is 2.64. The summed E-state index contributed by atoms with van der Waals surface area (Å²) in [5.74, 6) is 0.649. The van der Waals surface area contributed by atoms with Crippen LogP contribution in [0.15, 0.2) is 29.3 Å². The van der Waals surface area contributed by atoms with Gasteiger partial charge in [0.15, 0.2) is 5.96 Å². The minimum absolute atomic E-state index is 0.422. The molecular weight excluding hydrogens is 345 g/mol. The highest BCUT2D eigenvalue weighted by atomic mass is 19.4. The van der Waals surface area contributed by atoms with Crippen molar-refractivity contribution in [3.05, 3.63) is 35.4 Å². The van der Waals surface area contributed by atoms with Crippen LogP contribution < -0.4 is 10.6 Å². The minimum Gasteiger partial charge on any atom is -0.379 e. The van der Waals surface area contributed by atoms with Crippen molar-refractivity contribution in [2.45, 2.75) is 25.6 Å². The molecule has 1 aliphatic heterocycles. The van der Waals surface area contributed by atoms with Gasteiger partial charge >= 0.3 is 6.18 Å². The van der Waals surface area contributed by atoms with Crippen molar-refractivity contribution in [1.29, 1.82) is 0 Å². The van der Waals surface area contributed by atoms with Crippen molar-refractivity contribution in [2.75, 3.05) is 46.4 Å². The van der Waals surface area contributed by atoms with Crippen molar-refractivity contribution < 1.29 is 17.9 Å². The average molecular weight is 372 g/mol. The van der Waals surface area contributed by atoms with Crippen LogP contribution in [-0.2, 0) is 17.5 Å². The number of alkyl halides is 3. The summed E-state index contributed by atoms with van der Waals surface area (Å²) >= 11 is 0. The number of hydrogen-bond donors (Lipinski definition) is 2. The van der Waals surface area contributed by atoms with Crippen LogP contribution in [0.1, 0.15) is 24.0 Å². The highest BCUT2D eigenvalue weighted by Crippen LogP contribution is 2.28. The van der Waals surface area contributed by atoms with Gasteiger partial charge in [0.1, 0.15) is 0 Å². The van der Waals surface area contributed by atoms with Gasteiger partial charge in [0.05, 0.1) is 18.8 Å². The Balaban J connectivity index is 1.63. The summed E-state index contributed by atoms with van der Waals surface area (Å²) in [6.07, 6.45) is -2.17. The zero-order valence-electron chi connectivity index (χ0n) is 15.1. The first-order valence-corrected chi connectivity index (χ1v) is 8.90. The minimum atomic E-state index is -4.30. The second-order valence-corrected chi connectivity index (χ2v) is 6.21. The molecular formula is C18H27F3N4O. The summed E-state index contributed by atoms with van der Waals surface area (Å²) in [5.41, 5.74) is 0.136. The fourth-order valence-electron chi connectivity index (χ4n) is 2.71. The first kappa shape index (κ1) is 20.5. The SMILES string of the molecule is CN=C(NCCCCN1CCOCC1)NCc1ccc(C(F)(F)F)cc1. The van der Waals surface area contributed by atoms with Crippen molar-refractivity contribution in [3.63, 3.8) is 0 Å². The fraction of sp³-hybridized carbons (Fsp3) is 0.611. The Kier molecular flexibility index (Phi) is 8.18. The fourth-order valence-corrected chi connectivity index (χ4v) is 2.71. The number of halogens is 3. The van der Waals surface area contributed by atoms with Gasteiger partial charge in [-0.2, -0.15) is 13.2 Å². The maximum Gasteiger partial charge on any atom is 0.416 e. The van der Waals surface area contributed by atoms with E-state index >= 15 is 0 Å². The lowest BCUT2D eigenvalue weighted by atomic mass is 10.1. The van der Waals surface area contributed by atoms with E-state index < -0.39 is 11.7 Å². The Morgan fingerprint density at radius 3 is 2.42 bits per heavy atom. The van der Waals surface area contributed by atoms with Crippen LogP contribution in [0.2, 0.25) is 0 Å². The van der Waals surface area contributed by atoms with E-state index in [0.717, 1.165) is 69.9 Å². The van der Waals surface area contributed by atoms with Gasteiger partial charge in [-0.05, 0) is 37.1 Å². The van der Waals surface area contributed by atoms with E-state index in [2.05, 4.69) is 20.5 Å². The summed E-state index contributed by atoms with van der Waals surface area (Å²) in [5, 5.41) is 6.34. The number of guanidine groups is 1. The quantitative estimate of drug-likeness (QED) is 0.439. The van der Waals surface area contributed by atoms with E-state index in [1.54, 1.807) is 7.05 Å². The van der Waals surface area contributed by atoms with Crippen LogP contribution in [-0.4, -0.2) is 57.3 Å². The molecule has 0 atom stereocenters. The number of rotatable bonds is 7. The van der Waals surface area contributed by atoms with E-state index in [0.29, 0.717) is 12.5 Å².